The quantitative estimate of drug-likeness (QED) is 0.524. The highest BCUT2D eigenvalue weighted by Crippen LogP contribution is 2.43. The average Bonchev–Trinajstić information content (AvgIpc) is 2.79. The Bertz CT molecular complexity index is 910. The van der Waals surface area contributed by atoms with Crippen molar-refractivity contribution in [2.75, 3.05) is 13.1 Å². The summed E-state index contributed by atoms with van der Waals surface area (Å²) in [6.07, 6.45) is 6.80. The Labute approximate surface area is 184 Å². The maximum absolute atomic E-state index is 11.7. The van der Waals surface area contributed by atoms with Crippen LogP contribution in [-0.2, 0) is 17.6 Å². The van der Waals surface area contributed by atoms with Gasteiger partial charge in [0.25, 0.3) is 0 Å². The summed E-state index contributed by atoms with van der Waals surface area (Å²) in [7, 11) is 0. The number of nitrogens with zero attached hydrogens (tertiary/aromatic N) is 2. The Balaban J connectivity index is 1.70. The second-order valence-electron chi connectivity index (χ2n) is 7.90. The van der Waals surface area contributed by atoms with Crippen LogP contribution in [0.5, 0.6) is 0 Å². The van der Waals surface area contributed by atoms with Crippen LogP contribution in [0.2, 0.25) is 10.0 Å². The van der Waals surface area contributed by atoms with Crippen LogP contribution in [0.15, 0.2) is 28.9 Å². The molecule has 1 atom stereocenters. The molecule has 1 saturated heterocycles. The van der Waals surface area contributed by atoms with Crippen LogP contribution in [0.4, 0.5) is 0 Å². The molecule has 1 fully saturated rings. The smallest absolute Gasteiger partial charge is 0.219 e. The minimum atomic E-state index is 0.166. The van der Waals surface area contributed by atoms with Gasteiger partial charge in [0.05, 0.1) is 5.69 Å². The summed E-state index contributed by atoms with van der Waals surface area (Å²) in [5.41, 5.74) is 4.84. The van der Waals surface area contributed by atoms with E-state index in [4.69, 9.17) is 28.2 Å². The Hall–Kier alpha value is -1.10. The first-order valence-electron chi connectivity index (χ1n) is 9.80. The molecule has 1 aromatic heterocycles. The van der Waals surface area contributed by atoms with E-state index in [1.165, 1.54) is 16.7 Å². The first kappa shape index (κ1) is 20.2. The topological polar surface area (TPSA) is 33.2 Å². The molecule has 0 bridgehead atoms. The Morgan fingerprint density at radius 1 is 1.18 bits per heavy atom. The van der Waals surface area contributed by atoms with Crippen LogP contribution in [-0.4, -0.2) is 28.9 Å². The van der Waals surface area contributed by atoms with E-state index in [-0.39, 0.29) is 11.8 Å². The van der Waals surface area contributed by atoms with E-state index in [0.717, 1.165) is 60.4 Å². The molecule has 4 rings (SSSR count). The predicted molar refractivity (Wildman–Crippen MR) is 117 cm³/mol. The van der Waals surface area contributed by atoms with Gasteiger partial charge in [-0.25, -0.2) is 0 Å². The van der Waals surface area contributed by atoms with Crippen LogP contribution >= 0.6 is 39.1 Å². The van der Waals surface area contributed by atoms with Gasteiger partial charge in [0.15, 0.2) is 0 Å². The van der Waals surface area contributed by atoms with Crippen LogP contribution in [0.3, 0.4) is 0 Å². The summed E-state index contributed by atoms with van der Waals surface area (Å²) in [4.78, 5) is 18.4. The molecule has 1 aliphatic carbocycles. The van der Waals surface area contributed by atoms with Crippen LogP contribution in [0.1, 0.15) is 54.5 Å². The van der Waals surface area contributed by atoms with Crippen LogP contribution in [0.25, 0.3) is 0 Å². The third kappa shape index (κ3) is 4.10. The van der Waals surface area contributed by atoms with Gasteiger partial charge in [0.1, 0.15) is 0 Å². The number of carbonyl (C=O) groups excluding carboxylic acids is 1. The fraction of sp³-hybridized carbons (Fsp3) is 0.455. The molecule has 0 spiro atoms. The van der Waals surface area contributed by atoms with Crippen molar-refractivity contribution < 1.29 is 4.79 Å². The van der Waals surface area contributed by atoms with Crippen molar-refractivity contribution in [3.8, 4) is 0 Å². The van der Waals surface area contributed by atoms with E-state index in [9.17, 15) is 4.79 Å². The molecule has 28 heavy (non-hydrogen) atoms. The number of carbonyl (C=O) groups is 1. The van der Waals surface area contributed by atoms with E-state index >= 15 is 0 Å². The maximum atomic E-state index is 11.7. The zero-order chi connectivity index (χ0) is 19.8. The van der Waals surface area contributed by atoms with E-state index < -0.39 is 0 Å². The molecule has 0 saturated carbocycles. The number of rotatable bonds is 2. The second-order valence-corrected chi connectivity index (χ2v) is 9.66. The number of benzene rings is 1. The lowest BCUT2D eigenvalue weighted by molar-refractivity contribution is -0.130. The van der Waals surface area contributed by atoms with Crippen molar-refractivity contribution in [1.82, 2.24) is 9.88 Å². The normalized spacial score (nSPS) is 19.7. The van der Waals surface area contributed by atoms with Crippen molar-refractivity contribution in [2.45, 2.75) is 44.9 Å². The van der Waals surface area contributed by atoms with Gasteiger partial charge in [-0.1, -0.05) is 23.2 Å². The minimum Gasteiger partial charge on any atom is -0.343 e. The fourth-order valence-electron chi connectivity index (χ4n) is 4.69. The number of hydrogen-bond acceptors (Lipinski definition) is 2. The van der Waals surface area contributed by atoms with Crippen molar-refractivity contribution >= 4 is 45.0 Å². The van der Waals surface area contributed by atoms with E-state index in [1.54, 1.807) is 6.92 Å². The van der Waals surface area contributed by atoms with E-state index in [0.29, 0.717) is 10.9 Å². The number of pyridine rings is 1. The van der Waals surface area contributed by atoms with Crippen molar-refractivity contribution in [3.05, 3.63) is 61.3 Å². The highest BCUT2D eigenvalue weighted by Gasteiger charge is 2.31. The average molecular weight is 482 g/mol. The lowest BCUT2D eigenvalue weighted by Crippen LogP contribution is -2.37. The zero-order valence-corrected chi connectivity index (χ0v) is 18.9. The zero-order valence-electron chi connectivity index (χ0n) is 15.9. The number of amides is 1. The number of likely N-dealkylation sites (tertiary alicyclic amines) is 1. The van der Waals surface area contributed by atoms with Gasteiger partial charge < -0.3 is 4.90 Å². The molecule has 1 aromatic carbocycles. The number of fused-ring (bicyclic) bond motifs is 2. The summed E-state index contributed by atoms with van der Waals surface area (Å²) < 4.78 is 1.01. The molecule has 1 aliphatic heterocycles. The largest absolute Gasteiger partial charge is 0.343 e. The number of aromatic nitrogens is 1. The third-order valence-electron chi connectivity index (χ3n) is 6.12. The van der Waals surface area contributed by atoms with Gasteiger partial charge in [-0.15, -0.1) is 0 Å². The molecule has 148 valence electrons. The van der Waals surface area contributed by atoms with Crippen molar-refractivity contribution in [2.24, 2.45) is 5.92 Å². The Morgan fingerprint density at radius 2 is 1.89 bits per heavy atom. The third-order valence-corrected chi connectivity index (χ3v) is 7.08. The molecule has 1 unspecified atom stereocenters. The van der Waals surface area contributed by atoms with Gasteiger partial charge >= 0.3 is 0 Å². The molecule has 0 N–H and O–H groups in total. The SMILES string of the molecule is CC(=O)N1CCC(CC2c3ncc(Br)cc3CCc3cc(Cl)cc(Cl)c32)CC1. The molecular weight excluding hydrogens is 459 g/mol. The van der Waals surface area contributed by atoms with Crippen LogP contribution < -0.4 is 0 Å². The van der Waals surface area contributed by atoms with Crippen molar-refractivity contribution in [3.63, 3.8) is 0 Å². The fourth-order valence-corrected chi connectivity index (χ4v) is 5.74. The van der Waals surface area contributed by atoms with Gasteiger partial charge in [-0.2, -0.15) is 0 Å². The number of piperidine rings is 1. The van der Waals surface area contributed by atoms with Gasteiger partial charge in [-0.3, -0.25) is 9.78 Å². The van der Waals surface area contributed by atoms with Gasteiger partial charge in [-0.05, 0) is 88.8 Å². The summed E-state index contributed by atoms with van der Waals surface area (Å²) >= 11 is 16.6. The van der Waals surface area contributed by atoms with Crippen molar-refractivity contribution in [1.29, 1.82) is 0 Å². The van der Waals surface area contributed by atoms with E-state index in [1.807, 2.05) is 17.2 Å². The standard InChI is InChI=1S/C22H23BrCl2N2O/c1-13(28)27-6-4-14(5-7-27)8-19-21-15(10-18(24)11-20(21)25)2-3-16-9-17(23)12-26-22(16)19/h9-12,14,19H,2-8H2,1H3. The Kier molecular flexibility index (Phi) is 6.01. The van der Waals surface area contributed by atoms with Gasteiger partial charge in [0, 0.05) is 46.6 Å². The predicted octanol–water partition coefficient (Wildman–Crippen LogP) is 6.03. The molecule has 2 aliphatic rings. The lowest BCUT2D eigenvalue weighted by Gasteiger charge is -2.33. The first-order chi connectivity index (χ1) is 13.4. The lowest BCUT2D eigenvalue weighted by atomic mass is 9.80. The molecule has 2 heterocycles. The van der Waals surface area contributed by atoms with Gasteiger partial charge in [0.2, 0.25) is 5.91 Å². The molecule has 0 radical (unpaired) electrons. The monoisotopic (exact) mass is 480 g/mol. The number of aryl methyl sites for hydroxylation is 2. The highest BCUT2D eigenvalue weighted by atomic mass is 79.9. The summed E-state index contributed by atoms with van der Waals surface area (Å²) in [6, 6.07) is 6.11. The molecule has 3 nitrogen and oxygen atoms in total. The molecule has 2 aromatic rings. The highest BCUT2D eigenvalue weighted by molar-refractivity contribution is 9.10. The molecular formula is C22H23BrCl2N2O. The second kappa shape index (κ2) is 8.33. The summed E-state index contributed by atoms with van der Waals surface area (Å²) in [5.74, 6) is 0.892. The number of hydrogen-bond donors (Lipinski definition) is 0. The first-order valence-corrected chi connectivity index (χ1v) is 11.3. The number of halogens is 3. The minimum absolute atomic E-state index is 0.166. The summed E-state index contributed by atoms with van der Waals surface area (Å²) in [6.45, 7) is 3.34. The summed E-state index contributed by atoms with van der Waals surface area (Å²) in [5, 5.41) is 1.43. The molecule has 1 amide bonds. The van der Waals surface area contributed by atoms with Crippen LogP contribution in [0, 0.1) is 5.92 Å². The maximum Gasteiger partial charge on any atom is 0.219 e. The molecule has 6 heteroatoms. The Morgan fingerprint density at radius 3 is 2.61 bits per heavy atom. The van der Waals surface area contributed by atoms with E-state index in [2.05, 4.69) is 28.1 Å².